The Labute approximate surface area is 162 Å². The second-order valence-corrected chi connectivity index (χ2v) is 6.28. The number of rotatable bonds is 5. The summed E-state index contributed by atoms with van der Waals surface area (Å²) in [5, 5.41) is 9.61. The second kappa shape index (κ2) is 7.83. The Hall–Kier alpha value is -3.81. The minimum absolute atomic E-state index is 0.214. The molecule has 0 fully saturated rings. The lowest BCUT2D eigenvalue weighted by Gasteiger charge is -2.13. The van der Waals surface area contributed by atoms with Gasteiger partial charge >= 0.3 is 0 Å². The zero-order valence-electron chi connectivity index (χ0n) is 15.1. The van der Waals surface area contributed by atoms with Crippen molar-refractivity contribution in [2.75, 3.05) is 29.1 Å². The summed E-state index contributed by atoms with van der Waals surface area (Å²) < 4.78 is 5.70. The zero-order valence-corrected chi connectivity index (χ0v) is 15.1. The summed E-state index contributed by atoms with van der Waals surface area (Å²) in [6.07, 6.45) is 2.36. The predicted molar refractivity (Wildman–Crippen MR) is 109 cm³/mol. The van der Waals surface area contributed by atoms with Crippen molar-refractivity contribution < 1.29 is 9.53 Å². The van der Waals surface area contributed by atoms with Crippen LogP contribution in [0, 0.1) is 0 Å². The molecule has 8 nitrogen and oxygen atoms in total. The molecule has 1 amide bonds. The van der Waals surface area contributed by atoms with E-state index in [4.69, 9.17) is 10.5 Å². The van der Waals surface area contributed by atoms with E-state index in [2.05, 4.69) is 25.9 Å². The van der Waals surface area contributed by atoms with E-state index in [1.807, 2.05) is 48.5 Å². The van der Waals surface area contributed by atoms with E-state index < -0.39 is 5.91 Å². The van der Waals surface area contributed by atoms with Crippen LogP contribution in [0.5, 0.6) is 5.75 Å². The Balaban J connectivity index is 1.60. The summed E-state index contributed by atoms with van der Waals surface area (Å²) in [5.74, 6) is 0.904. The molecule has 0 unspecified atom stereocenters. The van der Waals surface area contributed by atoms with E-state index in [1.165, 1.54) is 6.20 Å². The molecule has 0 saturated carbocycles. The normalized spacial score (nSPS) is 12.7. The highest BCUT2D eigenvalue weighted by Gasteiger charge is 2.14. The molecule has 0 atom stereocenters. The lowest BCUT2D eigenvalue weighted by molar-refractivity contribution is 0.100. The highest BCUT2D eigenvalue weighted by molar-refractivity contribution is 5.98. The van der Waals surface area contributed by atoms with Crippen molar-refractivity contribution in [2.24, 2.45) is 5.73 Å². The first-order chi connectivity index (χ1) is 13.7. The number of primary amides is 1. The first-order valence-electron chi connectivity index (χ1n) is 8.96. The molecule has 3 aromatic rings. The number of aromatic nitrogens is 2. The topological polar surface area (TPSA) is 114 Å². The molecular formula is C20H20N6O2. The average molecular weight is 376 g/mol. The molecule has 1 aromatic heterocycles. The number of nitrogens with two attached hydrogens (primary N) is 1. The number of carbonyl (C=O) groups is 1. The lowest BCUT2D eigenvalue weighted by atomic mass is 10.2. The van der Waals surface area contributed by atoms with Gasteiger partial charge in [-0.05, 0) is 36.8 Å². The monoisotopic (exact) mass is 376 g/mol. The van der Waals surface area contributed by atoms with E-state index in [-0.39, 0.29) is 5.56 Å². The van der Waals surface area contributed by atoms with Crippen LogP contribution in [0.1, 0.15) is 16.8 Å². The van der Waals surface area contributed by atoms with Gasteiger partial charge in [0.25, 0.3) is 5.91 Å². The van der Waals surface area contributed by atoms with E-state index in [0.717, 1.165) is 35.8 Å². The van der Waals surface area contributed by atoms with E-state index in [9.17, 15) is 4.79 Å². The van der Waals surface area contributed by atoms with Crippen molar-refractivity contribution in [2.45, 2.75) is 6.42 Å². The molecule has 5 N–H and O–H groups in total. The molecule has 1 aliphatic rings. The van der Waals surface area contributed by atoms with Gasteiger partial charge in [-0.1, -0.05) is 18.2 Å². The number of anilines is 5. The highest BCUT2D eigenvalue weighted by Crippen LogP contribution is 2.31. The van der Waals surface area contributed by atoms with Crippen LogP contribution in [-0.2, 0) is 0 Å². The Bertz CT molecular complexity index is 993. The minimum atomic E-state index is -0.601. The summed E-state index contributed by atoms with van der Waals surface area (Å²) in [6, 6.07) is 15.2. The first kappa shape index (κ1) is 17.6. The van der Waals surface area contributed by atoms with Crippen LogP contribution in [0.25, 0.3) is 0 Å². The van der Waals surface area contributed by atoms with Crippen LogP contribution in [-0.4, -0.2) is 29.0 Å². The molecule has 0 saturated heterocycles. The molecule has 0 bridgehead atoms. The summed E-state index contributed by atoms with van der Waals surface area (Å²) in [5.41, 5.74) is 8.18. The molecule has 0 radical (unpaired) electrons. The summed E-state index contributed by atoms with van der Waals surface area (Å²) in [4.78, 5) is 20.4. The number of nitrogens with zero attached hydrogens (tertiary/aromatic N) is 2. The number of para-hydroxylation sites is 1. The van der Waals surface area contributed by atoms with Crippen molar-refractivity contribution in [1.82, 2.24) is 9.97 Å². The van der Waals surface area contributed by atoms with Gasteiger partial charge < -0.3 is 26.4 Å². The predicted octanol–water partition coefficient (Wildman–Crippen LogP) is 3.26. The number of fused-ring (bicyclic) bond motifs is 1. The zero-order chi connectivity index (χ0) is 19.3. The van der Waals surface area contributed by atoms with Crippen molar-refractivity contribution in [3.05, 3.63) is 60.3 Å². The smallest absolute Gasteiger partial charge is 0.254 e. The fraction of sp³-hybridized carbons (Fsp3) is 0.150. The van der Waals surface area contributed by atoms with Crippen LogP contribution in [0.4, 0.5) is 28.8 Å². The van der Waals surface area contributed by atoms with Crippen molar-refractivity contribution >= 4 is 34.7 Å². The van der Waals surface area contributed by atoms with Gasteiger partial charge in [0, 0.05) is 24.1 Å². The lowest BCUT2D eigenvalue weighted by Crippen LogP contribution is -2.15. The van der Waals surface area contributed by atoms with E-state index in [1.54, 1.807) is 0 Å². The maximum atomic E-state index is 11.7. The van der Waals surface area contributed by atoms with E-state index in [0.29, 0.717) is 18.4 Å². The molecule has 0 spiro atoms. The summed E-state index contributed by atoms with van der Waals surface area (Å²) in [6.45, 7) is 1.55. The van der Waals surface area contributed by atoms with Gasteiger partial charge in [-0.3, -0.25) is 4.79 Å². The molecule has 142 valence electrons. The molecule has 4 rings (SSSR count). The minimum Gasteiger partial charge on any atom is -0.491 e. The molecule has 28 heavy (non-hydrogen) atoms. The van der Waals surface area contributed by atoms with Crippen LogP contribution >= 0.6 is 0 Å². The third-order valence-corrected chi connectivity index (χ3v) is 4.22. The van der Waals surface area contributed by atoms with Gasteiger partial charge in [0.2, 0.25) is 5.95 Å². The van der Waals surface area contributed by atoms with Crippen LogP contribution in [0.15, 0.2) is 54.7 Å². The number of hydrogen-bond acceptors (Lipinski definition) is 7. The van der Waals surface area contributed by atoms with Crippen molar-refractivity contribution in [3.63, 3.8) is 0 Å². The molecule has 0 aliphatic carbocycles. The number of benzene rings is 2. The Morgan fingerprint density at radius 2 is 1.96 bits per heavy atom. The number of carbonyl (C=O) groups excluding carboxylic acids is 1. The number of nitrogens with one attached hydrogen (secondary N) is 3. The third kappa shape index (κ3) is 3.96. The molecule has 2 heterocycles. The molecule has 8 heteroatoms. The van der Waals surface area contributed by atoms with Gasteiger partial charge in [0.05, 0.1) is 12.3 Å². The van der Waals surface area contributed by atoms with Crippen molar-refractivity contribution in [3.8, 4) is 5.75 Å². The number of hydrogen-bond donors (Lipinski definition) is 4. The SMILES string of the molecule is NC(=O)c1cnc(Nc2ccc3c(c2)NCCCO3)nc1Nc1ccccc1. The first-order valence-corrected chi connectivity index (χ1v) is 8.96. The number of ether oxygens (including phenoxy) is 1. The second-order valence-electron chi connectivity index (χ2n) is 6.28. The van der Waals surface area contributed by atoms with Crippen LogP contribution < -0.4 is 26.4 Å². The maximum absolute atomic E-state index is 11.7. The van der Waals surface area contributed by atoms with Gasteiger partial charge in [0.15, 0.2) is 0 Å². The Morgan fingerprint density at radius 3 is 2.79 bits per heavy atom. The fourth-order valence-corrected chi connectivity index (χ4v) is 2.85. The Morgan fingerprint density at radius 1 is 1.11 bits per heavy atom. The fourth-order valence-electron chi connectivity index (χ4n) is 2.85. The van der Waals surface area contributed by atoms with Crippen molar-refractivity contribution in [1.29, 1.82) is 0 Å². The Kier molecular flexibility index (Phi) is 4.92. The third-order valence-electron chi connectivity index (χ3n) is 4.22. The van der Waals surface area contributed by atoms with Crippen LogP contribution in [0.3, 0.4) is 0 Å². The average Bonchev–Trinajstić information content (AvgIpc) is 2.94. The number of amides is 1. The van der Waals surface area contributed by atoms with E-state index >= 15 is 0 Å². The maximum Gasteiger partial charge on any atom is 0.254 e. The van der Waals surface area contributed by atoms with Gasteiger partial charge in [0.1, 0.15) is 17.1 Å². The molecule has 2 aromatic carbocycles. The molecule has 1 aliphatic heterocycles. The highest BCUT2D eigenvalue weighted by atomic mass is 16.5. The van der Waals surface area contributed by atoms with Gasteiger partial charge in [-0.2, -0.15) is 4.98 Å². The molecular weight excluding hydrogens is 356 g/mol. The standard InChI is InChI=1S/C20H20N6O2/c21-18(27)15-12-23-20(26-19(15)24-13-5-2-1-3-6-13)25-14-7-8-17-16(11-14)22-9-4-10-28-17/h1-3,5-8,11-12,22H,4,9-10H2,(H2,21,27)(H2,23,24,25,26). The summed E-state index contributed by atoms with van der Waals surface area (Å²) in [7, 11) is 0. The van der Waals surface area contributed by atoms with Gasteiger partial charge in [-0.15, -0.1) is 0 Å². The summed E-state index contributed by atoms with van der Waals surface area (Å²) >= 11 is 0. The quantitative estimate of drug-likeness (QED) is 0.540. The van der Waals surface area contributed by atoms with Crippen LogP contribution in [0.2, 0.25) is 0 Å². The van der Waals surface area contributed by atoms with Gasteiger partial charge in [-0.25, -0.2) is 4.98 Å². The largest absolute Gasteiger partial charge is 0.491 e.